The zero-order valence-electron chi connectivity index (χ0n) is 62.4. The number of amides is 2. The van der Waals surface area contributed by atoms with Crippen LogP contribution in [0.4, 0.5) is 40.8 Å². The van der Waals surface area contributed by atoms with Crippen LogP contribution >= 0.6 is 0 Å². The van der Waals surface area contributed by atoms with Gasteiger partial charge in [-0.1, -0.05) is 185 Å². The fourth-order valence-electron chi connectivity index (χ4n) is 6.61. The first-order valence-corrected chi connectivity index (χ1v) is 34.4. The maximum atomic E-state index is 11.8. The molecule has 4 saturated heterocycles. The van der Waals surface area contributed by atoms with E-state index in [1.807, 2.05) is 71.9 Å². The molecule has 5 heterocycles. The van der Waals surface area contributed by atoms with E-state index in [9.17, 15) is 44.7 Å². The third kappa shape index (κ3) is 102. The SMILES string of the molecule is CC.CC.CC(C)C.CC(F)(F)F.CC(F)(F)F.CC(F)F.CC1CC1.CCC.CCC1CC1.CCCCC.CCO.CCc1ccccc1.CN1CCNCC1.CNC1CCN(C(=O)CN)C1.CNC1CN(C(=O)CCN2CCNCC2)C1.CNc1cccnc1. The van der Waals surface area contributed by atoms with Crippen molar-refractivity contribution in [1.29, 1.82) is 0 Å². The van der Waals surface area contributed by atoms with Crippen LogP contribution in [0.25, 0.3) is 0 Å². The highest BCUT2D eigenvalue weighted by Gasteiger charge is 2.29. The molecule has 2 amide bonds. The number of aliphatic hydroxyl groups excluding tert-OH is 1. The number of carbonyl (C=O) groups excluding carboxylic acids is 2. The molecule has 1 unspecified atom stereocenters. The number of rotatable bonds is 11. The Hall–Kier alpha value is -3.77. The Labute approximate surface area is 559 Å². The summed E-state index contributed by atoms with van der Waals surface area (Å²) in [6.07, 6.45) is 8.96. The molecule has 4 aliphatic heterocycles. The Morgan fingerprint density at radius 3 is 1.32 bits per heavy atom. The number of anilines is 1. The fourth-order valence-corrected chi connectivity index (χ4v) is 6.61. The van der Waals surface area contributed by atoms with Crippen LogP contribution in [0.2, 0.25) is 0 Å². The Balaban J connectivity index is -0.000000141. The number of piperazine rings is 2. The van der Waals surface area contributed by atoms with Gasteiger partial charge < -0.3 is 57.0 Å². The predicted octanol–water partition coefficient (Wildman–Crippen LogP) is 15.3. The van der Waals surface area contributed by atoms with E-state index >= 15 is 0 Å². The van der Waals surface area contributed by atoms with Crippen LogP contribution in [0.3, 0.4) is 0 Å². The van der Waals surface area contributed by atoms with Gasteiger partial charge in [0, 0.05) is 143 Å². The number of nitrogens with zero attached hydrogens (tertiary/aromatic N) is 5. The second kappa shape index (κ2) is 76.2. The Morgan fingerprint density at radius 1 is 0.674 bits per heavy atom. The average Bonchev–Trinajstić information content (AvgIpc) is 1.79. The number of likely N-dealkylation sites (N-methyl/N-ethyl adjacent to an activating group) is 3. The van der Waals surface area contributed by atoms with Crippen molar-refractivity contribution in [2.75, 3.05) is 132 Å². The Morgan fingerprint density at radius 2 is 1.08 bits per heavy atom. The number of alkyl halides is 8. The van der Waals surface area contributed by atoms with Gasteiger partial charge in [0.2, 0.25) is 18.2 Å². The number of aliphatic hydroxyl groups is 1. The van der Waals surface area contributed by atoms with Crippen molar-refractivity contribution in [3.8, 4) is 0 Å². The van der Waals surface area contributed by atoms with Gasteiger partial charge >= 0.3 is 12.4 Å². The van der Waals surface area contributed by atoms with Crippen LogP contribution < -0.4 is 32.3 Å². The number of aryl methyl sites for hydroxylation is 1. The first-order chi connectivity index (χ1) is 43.4. The number of pyridine rings is 1. The van der Waals surface area contributed by atoms with Crippen molar-refractivity contribution in [2.45, 2.75) is 233 Å². The number of likely N-dealkylation sites (tertiary alicyclic amines) is 2. The third-order valence-electron chi connectivity index (χ3n) is 12.0. The second-order valence-electron chi connectivity index (χ2n) is 22.6. The molecule has 8 rings (SSSR count). The predicted molar refractivity (Wildman–Crippen MR) is 380 cm³/mol. The Kier molecular flexibility index (Phi) is 86.4. The number of halogens is 8. The monoisotopic (exact) mass is 1340 g/mol. The normalized spacial score (nSPS) is 15.9. The van der Waals surface area contributed by atoms with E-state index in [2.05, 4.69) is 142 Å². The molecule has 6 aliphatic rings. The summed E-state index contributed by atoms with van der Waals surface area (Å²) in [4.78, 5) is 35.2. The summed E-state index contributed by atoms with van der Waals surface area (Å²) in [7, 11) is 7.89. The standard InChI is InChI=1S/C11H22N4O.C8H10.C7H15N3O.C6H8N2.C5H12N2.C5H10.C5H12.C4H8.C4H10.C3H8.2C2H3F3.C2H4F2.C2H6O.2C2H6/c1-12-10-8-15(9-10)11(16)2-5-14-6-3-13-4-7-14;1-2-8-6-4-3-5-7-8;1-9-6-2-3-10(5-6)7(11)4-8;1-7-6-3-2-4-8-5-6;1-7-4-2-6-3-5-7;1-2-5-3-4-5;1-3-5-4-2;1-4-2-3-4;1-4(2)3;1-3-2;2*1-2(3,4)5;1-2(3)4;1-2-3;2*1-2/h10,12-13H,2-9H2,1H3;3-7H,2H2,1H3;6,9H,2-5,8H2,1H3;2-5,7H,1H3;6H,2-5H2,1H3;5H,2-4H2,1H3;3-5H2,1-2H3;4H,2-3H2,1H3;4H,1-3H3;3H2,1-2H3;2*1H3;2H,1H3;3H,2H2,1H3;2*1-2H3. The van der Waals surface area contributed by atoms with Crippen molar-refractivity contribution in [2.24, 2.45) is 23.5 Å². The van der Waals surface area contributed by atoms with Crippen LogP contribution in [0.15, 0.2) is 54.9 Å². The topological polar surface area (TPSA) is 166 Å². The molecule has 1 aromatic carbocycles. The molecule has 552 valence electrons. The number of hydrogen-bond acceptors (Lipinski definition) is 12. The number of unbranched alkanes of at least 4 members (excludes halogenated alkanes) is 2. The molecule has 1 aromatic heterocycles. The zero-order chi connectivity index (χ0) is 72.8. The largest absolute Gasteiger partial charge is 0.397 e. The molecule has 0 spiro atoms. The van der Waals surface area contributed by atoms with Crippen molar-refractivity contribution in [3.63, 3.8) is 0 Å². The average molecular weight is 1340 g/mol. The highest BCUT2D eigenvalue weighted by Crippen LogP contribution is 2.31. The lowest BCUT2D eigenvalue weighted by molar-refractivity contribution is -0.136. The minimum Gasteiger partial charge on any atom is -0.397 e. The maximum absolute atomic E-state index is 11.8. The second-order valence-corrected chi connectivity index (χ2v) is 22.6. The molecule has 1 atom stereocenters. The number of hydrogen-bond donors (Lipinski definition) is 7. The molecule has 92 heavy (non-hydrogen) atoms. The summed E-state index contributed by atoms with van der Waals surface area (Å²) in [6, 6.07) is 15.3. The summed E-state index contributed by atoms with van der Waals surface area (Å²) < 4.78 is 82.8. The highest BCUT2D eigenvalue weighted by atomic mass is 19.4. The van der Waals surface area contributed by atoms with Crippen LogP contribution in [0.1, 0.15) is 201 Å². The fraction of sp³-hybridized carbons (Fsp3) is 0.814. The van der Waals surface area contributed by atoms with E-state index in [0.717, 1.165) is 115 Å². The van der Waals surface area contributed by atoms with Crippen molar-refractivity contribution in [3.05, 3.63) is 60.4 Å². The van der Waals surface area contributed by atoms with Crippen molar-refractivity contribution >= 4 is 17.5 Å². The van der Waals surface area contributed by atoms with Gasteiger partial charge in [0.25, 0.3) is 0 Å². The van der Waals surface area contributed by atoms with E-state index < -0.39 is 18.8 Å². The van der Waals surface area contributed by atoms with E-state index in [1.165, 1.54) is 76.4 Å². The molecule has 8 N–H and O–H groups in total. The van der Waals surface area contributed by atoms with Gasteiger partial charge in [0.05, 0.1) is 12.2 Å². The van der Waals surface area contributed by atoms with E-state index in [4.69, 9.17) is 10.8 Å². The van der Waals surface area contributed by atoms with Crippen LogP contribution in [-0.4, -0.2) is 199 Å². The zero-order valence-corrected chi connectivity index (χ0v) is 62.4. The number of nitrogens with one attached hydrogen (secondary N) is 5. The smallest absolute Gasteiger partial charge is 0.386 e. The van der Waals surface area contributed by atoms with Gasteiger partial charge in [-0.05, 0) is 83.3 Å². The molecule has 22 heteroatoms. The maximum Gasteiger partial charge on any atom is 0.386 e. The number of nitrogens with two attached hydrogens (primary N) is 1. The molecule has 14 nitrogen and oxygen atoms in total. The number of carbonyl (C=O) groups is 2. The molecule has 2 saturated carbocycles. The van der Waals surface area contributed by atoms with E-state index in [1.54, 1.807) is 24.2 Å². The molecular weight excluding hydrogens is 1190 g/mol. The van der Waals surface area contributed by atoms with Gasteiger partial charge in [-0.25, -0.2) is 8.78 Å². The summed E-state index contributed by atoms with van der Waals surface area (Å²) >= 11 is 0. The van der Waals surface area contributed by atoms with Crippen LogP contribution in [0.5, 0.6) is 0 Å². The van der Waals surface area contributed by atoms with Crippen molar-refractivity contribution in [1.82, 2.24) is 45.9 Å². The lowest BCUT2D eigenvalue weighted by Crippen LogP contribution is -2.59. The summed E-state index contributed by atoms with van der Waals surface area (Å²) in [6.45, 7) is 46.5. The summed E-state index contributed by atoms with van der Waals surface area (Å²) in [5, 5.41) is 23.4. The van der Waals surface area contributed by atoms with Crippen LogP contribution in [-0.2, 0) is 16.0 Å². The highest BCUT2D eigenvalue weighted by molar-refractivity contribution is 5.78. The first kappa shape index (κ1) is 104. The first-order valence-electron chi connectivity index (χ1n) is 34.4. The van der Waals surface area contributed by atoms with Gasteiger partial charge in [-0.2, -0.15) is 26.3 Å². The van der Waals surface area contributed by atoms with Gasteiger partial charge in [-0.3, -0.25) is 14.6 Å². The quantitative estimate of drug-likeness (QED) is 0.107. The number of aromatic nitrogens is 1. The lowest BCUT2D eigenvalue weighted by atomic mass is 10.1. The molecule has 0 radical (unpaired) electrons. The molecule has 0 bridgehead atoms. The minimum atomic E-state index is -4.00. The summed E-state index contributed by atoms with van der Waals surface area (Å²) in [5.41, 5.74) is 7.69. The van der Waals surface area contributed by atoms with Gasteiger partial charge in [0.1, 0.15) is 0 Å². The lowest BCUT2D eigenvalue weighted by Gasteiger charge is -2.39. The third-order valence-corrected chi connectivity index (χ3v) is 12.0. The summed E-state index contributed by atoms with van der Waals surface area (Å²) in [5.74, 6) is 3.42. The Bertz CT molecular complexity index is 1630. The van der Waals surface area contributed by atoms with Crippen molar-refractivity contribution < 1.29 is 49.8 Å². The van der Waals surface area contributed by atoms with E-state index in [0.29, 0.717) is 24.4 Å². The van der Waals surface area contributed by atoms with Gasteiger partial charge in [-0.15, -0.1) is 0 Å². The molecule has 2 aliphatic carbocycles. The molecule has 2 aromatic rings. The number of benzene rings is 1. The van der Waals surface area contributed by atoms with Crippen LogP contribution in [0, 0.1) is 17.8 Å². The minimum absolute atomic E-state index is 0.0581. The molecular formula is C70H143F8N11O3. The molecule has 6 fully saturated rings. The van der Waals surface area contributed by atoms with E-state index in [-0.39, 0.29) is 32.9 Å². The van der Waals surface area contributed by atoms with Gasteiger partial charge in [0.15, 0.2) is 0 Å².